The molecule has 1 amide bonds. The number of hydrazine groups is 1. The number of nitrogens with two attached hydrogens (primary N) is 2. The van der Waals surface area contributed by atoms with Gasteiger partial charge in [-0.15, -0.1) is 0 Å². The molecule has 1 aliphatic rings. The van der Waals surface area contributed by atoms with Crippen LogP contribution < -0.4 is 17.0 Å². The van der Waals surface area contributed by atoms with Crippen LogP contribution >= 0.6 is 0 Å². The molecule has 9 N–H and O–H groups in total. The molecule has 1 saturated heterocycles. The highest BCUT2D eigenvalue weighted by Gasteiger charge is 2.44. The van der Waals surface area contributed by atoms with Crippen LogP contribution in [0.1, 0.15) is 12.6 Å². The number of aliphatic hydroxyl groups is 2. The number of fused-ring (bicyclic) bond motifs is 1. The summed E-state index contributed by atoms with van der Waals surface area (Å²) in [5.41, 5.74) is 8.62. The van der Waals surface area contributed by atoms with Crippen molar-refractivity contribution in [1.82, 2.24) is 29.8 Å². The van der Waals surface area contributed by atoms with Crippen molar-refractivity contribution in [2.75, 3.05) is 25.9 Å². The number of nitrogen functional groups attached to an aromatic ring is 1. The Hall–Kier alpha value is -2.51. The van der Waals surface area contributed by atoms with E-state index in [4.69, 9.17) is 33.8 Å². The van der Waals surface area contributed by atoms with Gasteiger partial charge in [0.2, 0.25) is 5.91 Å². The van der Waals surface area contributed by atoms with Gasteiger partial charge in [0.25, 0.3) is 0 Å². The summed E-state index contributed by atoms with van der Waals surface area (Å²) < 4.78 is 38.9. The van der Waals surface area contributed by atoms with Crippen LogP contribution in [0.5, 0.6) is 0 Å². The number of anilines is 1. The third-order valence-corrected chi connectivity index (χ3v) is 4.37. The maximum absolute atomic E-state index is 11.2. The highest BCUT2D eigenvalue weighted by molar-refractivity contribution is 7.79. The minimum Gasteiger partial charge on any atom is -0.387 e. The van der Waals surface area contributed by atoms with E-state index < -0.39 is 34.9 Å². The Balaban J connectivity index is 0.000000614. The Bertz CT molecular complexity index is 993. The molecule has 2 aromatic heterocycles. The monoisotopic (exact) mass is 464 g/mol. The van der Waals surface area contributed by atoms with Crippen molar-refractivity contribution < 1.29 is 37.3 Å². The number of aromatic nitrogens is 4. The molecule has 0 aromatic carbocycles. The Morgan fingerprint density at radius 1 is 1.29 bits per heavy atom. The zero-order valence-corrected chi connectivity index (χ0v) is 17.1. The number of nitrogens with zero attached hydrogens (tertiary/aromatic N) is 5. The molecule has 16 nitrogen and oxygen atoms in total. The quantitative estimate of drug-likeness (QED) is 0.0956. The van der Waals surface area contributed by atoms with E-state index in [1.54, 1.807) is 7.05 Å². The molecule has 0 saturated carbocycles. The molecule has 31 heavy (non-hydrogen) atoms. The Morgan fingerprint density at radius 3 is 2.55 bits per heavy atom. The number of aliphatic hydroxyl groups excluding tert-OH is 2. The fourth-order valence-electron chi connectivity index (χ4n) is 2.93. The predicted molar refractivity (Wildman–Crippen MR) is 104 cm³/mol. The van der Waals surface area contributed by atoms with Gasteiger partial charge in [-0.3, -0.25) is 23.9 Å². The van der Waals surface area contributed by atoms with E-state index in [2.05, 4.69) is 20.4 Å². The minimum absolute atomic E-state index is 0.212. The molecule has 1 fully saturated rings. The largest absolute Gasteiger partial charge is 0.394 e. The molecule has 3 rings (SSSR count). The minimum atomic E-state index is -4.67. The normalized spacial score (nSPS) is 23.6. The second kappa shape index (κ2) is 10.2. The number of likely N-dealkylation sites (N-methyl/N-ethyl adjacent to an activating group) is 1. The number of carbonyl (C=O) groups is 1. The lowest BCUT2D eigenvalue weighted by Gasteiger charge is -2.22. The molecule has 2 aromatic rings. The second-order valence-electron chi connectivity index (χ2n) is 6.66. The van der Waals surface area contributed by atoms with E-state index in [0.717, 1.165) is 0 Å². The van der Waals surface area contributed by atoms with Gasteiger partial charge in [-0.2, -0.15) is 8.42 Å². The van der Waals surface area contributed by atoms with Crippen molar-refractivity contribution in [3.05, 3.63) is 12.7 Å². The molecule has 174 valence electrons. The van der Waals surface area contributed by atoms with Gasteiger partial charge in [-0.05, 0) is 7.05 Å². The highest BCUT2D eigenvalue weighted by Crippen LogP contribution is 2.32. The molecule has 0 bridgehead atoms. The summed E-state index contributed by atoms with van der Waals surface area (Å²) in [6.07, 6.45) is -0.858. The lowest BCUT2D eigenvalue weighted by Crippen LogP contribution is -2.40. The predicted octanol–water partition coefficient (Wildman–Crippen LogP) is -3.31. The third kappa shape index (κ3) is 6.74. The van der Waals surface area contributed by atoms with Gasteiger partial charge in [0.15, 0.2) is 17.7 Å². The van der Waals surface area contributed by atoms with Crippen molar-refractivity contribution in [2.24, 2.45) is 5.84 Å². The first-order valence-corrected chi connectivity index (χ1v) is 10.1. The SMILES string of the molecule is CN(CCC(=O)NN)C[C@H]1O[C@@H](n2cnc3c(N)ncnc32)[C@H](O)[C@@H]1O.O=S(=O)(O)O. The highest BCUT2D eigenvalue weighted by atomic mass is 32.3. The van der Waals surface area contributed by atoms with Crippen LogP contribution in [-0.4, -0.2) is 96.5 Å². The summed E-state index contributed by atoms with van der Waals surface area (Å²) >= 11 is 0. The van der Waals surface area contributed by atoms with Gasteiger partial charge in [0.1, 0.15) is 30.2 Å². The summed E-state index contributed by atoms with van der Waals surface area (Å²) in [4.78, 5) is 25.2. The number of nitrogens with one attached hydrogen (secondary N) is 1. The summed E-state index contributed by atoms with van der Waals surface area (Å²) in [5.74, 6) is 4.98. The van der Waals surface area contributed by atoms with E-state index in [1.807, 2.05) is 4.90 Å². The number of imidazole rings is 1. The summed E-state index contributed by atoms with van der Waals surface area (Å²) in [5, 5.41) is 20.7. The Labute approximate surface area is 176 Å². The topological polar surface area (TPSA) is 252 Å². The number of amides is 1. The lowest BCUT2D eigenvalue weighted by atomic mass is 10.1. The first-order chi connectivity index (χ1) is 14.4. The Kier molecular flexibility index (Phi) is 8.14. The molecule has 0 spiro atoms. The van der Waals surface area contributed by atoms with E-state index in [1.165, 1.54) is 17.2 Å². The summed E-state index contributed by atoms with van der Waals surface area (Å²) in [7, 11) is -2.89. The van der Waals surface area contributed by atoms with Crippen LogP contribution in [0.25, 0.3) is 11.2 Å². The molecule has 0 unspecified atom stereocenters. The molecule has 4 atom stereocenters. The van der Waals surface area contributed by atoms with Gasteiger partial charge in [-0.1, -0.05) is 0 Å². The van der Waals surface area contributed by atoms with Gasteiger partial charge in [0.05, 0.1) is 6.33 Å². The van der Waals surface area contributed by atoms with Crippen molar-refractivity contribution in [2.45, 2.75) is 31.0 Å². The molecular formula is C14H24N8O8S. The molecular weight excluding hydrogens is 440 g/mol. The molecule has 3 heterocycles. The Morgan fingerprint density at radius 2 is 1.94 bits per heavy atom. The van der Waals surface area contributed by atoms with Gasteiger partial charge < -0.3 is 25.6 Å². The van der Waals surface area contributed by atoms with E-state index in [0.29, 0.717) is 24.3 Å². The number of ether oxygens (including phenoxy) is 1. The molecule has 1 aliphatic heterocycles. The fourth-order valence-corrected chi connectivity index (χ4v) is 2.93. The number of hydrogen-bond donors (Lipinski definition) is 7. The van der Waals surface area contributed by atoms with Crippen molar-refractivity contribution in [3.63, 3.8) is 0 Å². The molecule has 17 heteroatoms. The van der Waals surface area contributed by atoms with Crippen LogP contribution in [0.15, 0.2) is 12.7 Å². The first kappa shape index (κ1) is 24.8. The van der Waals surface area contributed by atoms with E-state index in [-0.39, 0.29) is 18.1 Å². The van der Waals surface area contributed by atoms with Crippen LogP contribution in [0.2, 0.25) is 0 Å². The average Bonchev–Trinajstić information content (AvgIpc) is 3.22. The van der Waals surface area contributed by atoms with Gasteiger partial charge in [-0.25, -0.2) is 20.8 Å². The maximum Gasteiger partial charge on any atom is 0.394 e. The standard InChI is InChI=1S/C14H22N8O4.H2O4S/c1-21(3-2-8(23)20-16)4-7-10(24)11(25)14(26-7)22-6-19-9-12(15)17-5-18-13(9)22;1-5(2,3)4/h5-7,10-11,14,24-25H,2-4,16H2,1H3,(H,20,23)(H2,15,17,18);(H2,1,2,3,4)/t7-,10-,11-,14-;/m1./s1. The maximum atomic E-state index is 11.2. The third-order valence-electron chi connectivity index (χ3n) is 4.37. The van der Waals surface area contributed by atoms with E-state index >= 15 is 0 Å². The second-order valence-corrected chi connectivity index (χ2v) is 7.55. The number of rotatable bonds is 6. The van der Waals surface area contributed by atoms with Crippen molar-refractivity contribution in [3.8, 4) is 0 Å². The average molecular weight is 464 g/mol. The smallest absolute Gasteiger partial charge is 0.387 e. The molecule has 0 aliphatic carbocycles. The number of hydrogen-bond acceptors (Lipinski definition) is 12. The zero-order chi connectivity index (χ0) is 23.3. The molecule has 0 radical (unpaired) electrons. The summed E-state index contributed by atoms with van der Waals surface area (Å²) in [6, 6.07) is 0. The van der Waals surface area contributed by atoms with Crippen LogP contribution in [-0.2, 0) is 19.9 Å². The van der Waals surface area contributed by atoms with Crippen LogP contribution in [0, 0.1) is 0 Å². The van der Waals surface area contributed by atoms with Crippen LogP contribution in [0.3, 0.4) is 0 Å². The van der Waals surface area contributed by atoms with Crippen LogP contribution in [0.4, 0.5) is 5.82 Å². The van der Waals surface area contributed by atoms with Crippen molar-refractivity contribution >= 4 is 33.3 Å². The van der Waals surface area contributed by atoms with Gasteiger partial charge >= 0.3 is 10.4 Å². The number of carbonyl (C=O) groups excluding carboxylic acids is 1. The first-order valence-electron chi connectivity index (χ1n) is 8.74. The lowest BCUT2D eigenvalue weighted by molar-refractivity contribution is -0.121. The van der Waals surface area contributed by atoms with Crippen molar-refractivity contribution in [1.29, 1.82) is 0 Å². The van der Waals surface area contributed by atoms with E-state index in [9.17, 15) is 15.0 Å². The fraction of sp³-hybridized carbons (Fsp3) is 0.571. The summed E-state index contributed by atoms with van der Waals surface area (Å²) in [6.45, 7) is 0.741. The zero-order valence-electron chi connectivity index (χ0n) is 16.3. The van der Waals surface area contributed by atoms with Gasteiger partial charge in [0, 0.05) is 19.5 Å².